The molecule has 2 amide bonds. The minimum atomic E-state index is -0.541. The number of amides is 2. The Morgan fingerprint density at radius 3 is 2.60 bits per heavy atom. The van der Waals surface area contributed by atoms with Crippen LogP contribution >= 0.6 is 0 Å². The quantitative estimate of drug-likeness (QED) is 0.670. The number of nitrogens with one attached hydrogen (secondary N) is 2. The second-order valence-electron chi connectivity index (χ2n) is 4.52. The molecule has 1 aromatic carbocycles. The van der Waals surface area contributed by atoms with Gasteiger partial charge in [0.2, 0.25) is 11.8 Å². The first-order valence-corrected chi connectivity index (χ1v) is 6.60. The normalized spacial score (nSPS) is 10.2. The Morgan fingerprint density at radius 1 is 1.20 bits per heavy atom. The molecule has 4 N–H and O–H groups in total. The van der Waals surface area contributed by atoms with Gasteiger partial charge in [-0.15, -0.1) is 0 Å². The number of unbranched alkanes of at least 4 members (excludes halogenated alkanes) is 2. The molecule has 0 aliphatic rings. The third-order valence-electron chi connectivity index (χ3n) is 2.67. The number of anilines is 2. The second kappa shape index (κ2) is 8.27. The second-order valence-corrected chi connectivity index (χ2v) is 4.52. The van der Waals surface area contributed by atoms with Gasteiger partial charge in [0.15, 0.2) is 0 Å². The van der Waals surface area contributed by atoms with E-state index in [2.05, 4.69) is 10.6 Å². The number of halogens is 1. The smallest absolute Gasteiger partial charge is 0.224 e. The van der Waals surface area contributed by atoms with Crippen molar-refractivity contribution >= 4 is 23.2 Å². The van der Waals surface area contributed by atoms with Crippen molar-refractivity contribution in [2.24, 2.45) is 5.73 Å². The molecule has 1 aromatic rings. The first kappa shape index (κ1) is 16.1. The maximum absolute atomic E-state index is 13.4. The molecule has 0 saturated carbocycles. The van der Waals surface area contributed by atoms with E-state index in [4.69, 9.17) is 5.73 Å². The lowest BCUT2D eigenvalue weighted by Crippen LogP contribution is -2.13. The van der Waals surface area contributed by atoms with Gasteiger partial charge in [0.1, 0.15) is 5.82 Å². The summed E-state index contributed by atoms with van der Waals surface area (Å²) in [6.07, 6.45) is 2.97. The van der Waals surface area contributed by atoms with Gasteiger partial charge in [0.25, 0.3) is 0 Å². The van der Waals surface area contributed by atoms with E-state index in [1.165, 1.54) is 25.1 Å². The number of carbonyl (C=O) groups is 2. The third-order valence-corrected chi connectivity index (χ3v) is 2.67. The Labute approximate surface area is 117 Å². The molecule has 0 aromatic heterocycles. The van der Waals surface area contributed by atoms with E-state index in [0.29, 0.717) is 18.7 Å². The van der Waals surface area contributed by atoms with Crippen molar-refractivity contribution in [3.8, 4) is 0 Å². The Bertz CT molecular complexity index is 477. The molecule has 0 radical (unpaired) electrons. The number of carbonyl (C=O) groups excluding carboxylic acids is 2. The van der Waals surface area contributed by atoms with Crippen molar-refractivity contribution in [1.82, 2.24) is 0 Å². The van der Waals surface area contributed by atoms with Crippen molar-refractivity contribution < 1.29 is 14.0 Å². The SMILES string of the molecule is CC(=O)Nc1cc(NC(=O)CCCCCN)ccc1F. The van der Waals surface area contributed by atoms with E-state index in [9.17, 15) is 14.0 Å². The molecule has 0 aliphatic carbocycles. The highest BCUT2D eigenvalue weighted by atomic mass is 19.1. The van der Waals surface area contributed by atoms with Gasteiger partial charge in [-0.05, 0) is 37.6 Å². The Balaban J connectivity index is 2.54. The summed E-state index contributed by atoms with van der Waals surface area (Å²) in [5.41, 5.74) is 5.88. The highest BCUT2D eigenvalue weighted by molar-refractivity contribution is 5.93. The van der Waals surface area contributed by atoms with Crippen molar-refractivity contribution in [3.05, 3.63) is 24.0 Å². The van der Waals surface area contributed by atoms with Gasteiger partial charge in [0.05, 0.1) is 5.69 Å². The average molecular weight is 281 g/mol. The molecule has 0 heterocycles. The predicted octanol–water partition coefficient (Wildman–Crippen LogP) is 2.24. The summed E-state index contributed by atoms with van der Waals surface area (Å²) in [6.45, 7) is 1.92. The van der Waals surface area contributed by atoms with Crippen LogP contribution in [0.2, 0.25) is 0 Å². The zero-order valence-electron chi connectivity index (χ0n) is 11.5. The minimum Gasteiger partial charge on any atom is -0.330 e. The standard InChI is InChI=1S/C14H20FN3O2/c1-10(19)17-13-9-11(6-7-12(13)15)18-14(20)5-3-2-4-8-16/h6-7,9H,2-5,8,16H2,1H3,(H,17,19)(H,18,20). The summed E-state index contributed by atoms with van der Waals surface area (Å²) in [4.78, 5) is 22.6. The fraction of sp³-hybridized carbons (Fsp3) is 0.429. The molecular weight excluding hydrogens is 261 g/mol. The fourth-order valence-electron chi connectivity index (χ4n) is 1.72. The topological polar surface area (TPSA) is 84.2 Å². The Kier molecular flexibility index (Phi) is 6.66. The van der Waals surface area contributed by atoms with E-state index in [0.717, 1.165) is 19.3 Å². The zero-order chi connectivity index (χ0) is 15.0. The summed E-state index contributed by atoms with van der Waals surface area (Å²) >= 11 is 0. The number of hydrogen-bond acceptors (Lipinski definition) is 3. The van der Waals surface area contributed by atoms with Crippen LogP contribution in [0.15, 0.2) is 18.2 Å². The van der Waals surface area contributed by atoms with E-state index in [-0.39, 0.29) is 17.5 Å². The van der Waals surface area contributed by atoms with Crippen LogP contribution < -0.4 is 16.4 Å². The molecule has 5 nitrogen and oxygen atoms in total. The molecular formula is C14H20FN3O2. The molecule has 0 saturated heterocycles. The first-order valence-electron chi connectivity index (χ1n) is 6.60. The molecule has 0 atom stereocenters. The van der Waals surface area contributed by atoms with Crippen molar-refractivity contribution in [1.29, 1.82) is 0 Å². The molecule has 0 fully saturated rings. The van der Waals surface area contributed by atoms with Crippen LogP contribution in [0.3, 0.4) is 0 Å². The lowest BCUT2D eigenvalue weighted by Gasteiger charge is -2.09. The van der Waals surface area contributed by atoms with Gasteiger partial charge in [-0.2, -0.15) is 0 Å². The highest BCUT2D eigenvalue weighted by Crippen LogP contribution is 2.20. The zero-order valence-corrected chi connectivity index (χ0v) is 11.5. The summed E-state index contributed by atoms with van der Waals surface area (Å²) in [5, 5.41) is 5.04. The number of nitrogens with two attached hydrogens (primary N) is 1. The molecule has 6 heteroatoms. The molecule has 0 unspecified atom stereocenters. The van der Waals surface area contributed by atoms with Crippen LogP contribution in [-0.4, -0.2) is 18.4 Å². The Morgan fingerprint density at radius 2 is 1.95 bits per heavy atom. The van der Waals surface area contributed by atoms with Crippen molar-refractivity contribution in [2.75, 3.05) is 17.2 Å². The molecule has 20 heavy (non-hydrogen) atoms. The third kappa shape index (κ3) is 5.79. The summed E-state index contributed by atoms with van der Waals surface area (Å²) < 4.78 is 13.4. The van der Waals surface area contributed by atoms with E-state index in [1.54, 1.807) is 0 Å². The largest absolute Gasteiger partial charge is 0.330 e. The highest BCUT2D eigenvalue weighted by Gasteiger charge is 2.07. The van der Waals surface area contributed by atoms with E-state index >= 15 is 0 Å². The summed E-state index contributed by atoms with van der Waals surface area (Å²) in [5.74, 6) is -1.04. The van der Waals surface area contributed by atoms with Gasteiger partial charge >= 0.3 is 0 Å². The van der Waals surface area contributed by atoms with Gasteiger partial charge in [0, 0.05) is 19.0 Å². The lowest BCUT2D eigenvalue weighted by molar-refractivity contribution is -0.116. The summed E-state index contributed by atoms with van der Waals surface area (Å²) in [6, 6.07) is 4.06. The predicted molar refractivity (Wildman–Crippen MR) is 76.9 cm³/mol. The van der Waals surface area contributed by atoms with Crippen LogP contribution in [0.1, 0.15) is 32.6 Å². The maximum atomic E-state index is 13.4. The molecule has 1 rings (SSSR count). The van der Waals surface area contributed by atoms with E-state index < -0.39 is 5.82 Å². The van der Waals surface area contributed by atoms with Gasteiger partial charge in [-0.25, -0.2) is 4.39 Å². The van der Waals surface area contributed by atoms with Crippen LogP contribution in [0.5, 0.6) is 0 Å². The van der Waals surface area contributed by atoms with Gasteiger partial charge < -0.3 is 16.4 Å². The van der Waals surface area contributed by atoms with Crippen molar-refractivity contribution in [3.63, 3.8) is 0 Å². The summed E-state index contributed by atoms with van der Waals surface area (Å²) in [7, 11) is 0. The van der Waals surface area contributed by atoms with Crippen LogP contribution in [-0.2, 0) is 9.59 Å². The van der Waals surface area contributed by atoms with Gasteiger partial charge in [-0.3, -0.25) is 9.59 Å². The fourth-order valence-corrected chi connectivity index (χ4v) is 1.72. The van der Waals surface area contributed by atoms with Crippen LogP contribution in [0.4, 0.5) is 15.8 Å². The lowest BCUT2D eigenvalue weighted by atomic mass is 10.2. The van der Waals surface area contributed by atoms with Crippen molar-refractivity contribution in [2.45, 2.75) is 32.6 Å². The molecule has 0 aliphatic heterocycles. The van der Waals surface area contributed by atoms with Crippen LogP contribution in [0, 0.1) is 5.82 Å². The van der Waals surface area contributed by atoms with Gasteiger partial charge in [-0.1, -0.05) is 6.42 Å². The molecule has 0 bridgehead atoms. The Hall–Kier alpha value is -1.95. The van der Waals surface area contributed by atoms with Crippen LogP contribution in [0.25, 0.3) is 0 Å². The maximum Gasteiger partial charge on any atom is 0.224 e. The monoisotopic (exact) mass is 281 g/mol. The molecule has 110 valence electrons. The number of rotatable bonds is 7. The first-order chi connectivity index (χ1) is 9.52. The minimum absolute atomic E-state index is 0.0541. The number of benzene rings is 1. The molecule has 0 spiro atoms. The van der Waals surface area contributed by atoms with E-state index in [1.807, 2.05) is 0 Å². The average Bonchev–Trinajstić information content (AvgIpc) is 2.38. The number of hydrogen-bond donors (Lipinski definition) is 3.